The third-order valence-electron chi connectivity index (χ3n) is 0.412. The molecule has 2 nitrogen and oxygen atoms in total. The fourth-order valence-electron chi connectivity index (χ4n) is 0.354. The lowest BCUT2D eigenvalue weighted by Gasteiger charge is -2.04. The van der Waals surface area contributed by atoms with Crippen molar-refractivity contribution in [1.29, 1.82) is 5.41 Å². The zero-order chi connectivity index (χ0) is 5.86. The number of rotatable bonds is 1. The minimum atomic E-state index is 0. The highest BCUT2D eigenvalue weighted by Crippen LogP contribution is 1.86. The summed E-state index contributed by atoms with van der Waals surface area (Å²) in [5.41, 5.74) is 0. The molecule has 50 valence electrons. The van der Waals surface area contributed by atoms with Crippen LogP contribution in [-0.4, -0.2) is 12.0 Å². The van der Waals surface area contributed by atoms with E-state index in [0.29, 0.717) is 0 Å². The van der Waals surface area contributed by atoms with Gasteiger partial charge in [0, 0.05) is 6.92 Å². The van der Waals surface area contributed by atoms with Crippen LogP contribution in [0.4, 0.5) is 0 Å². The van der Waals surface area contributed by atoms with Crippen LogP contribution >= 0.6 is 12.4 Å². The first-order chi connectivity index (χ1) is 3.13. The first kappa shape index (κ1) is 10.7. The second-order valence-corrected chi connectivity index (χ2v) is 1.72. The molecule has 0 amide bonds. The van der Waals surface area contributed by atoms with Crippen molar-refractivity contribution in [3.8, 4) is 0 Å². The van der Waals surface area contributed by atoms with Gasteiger partial charge in [0.2, 0.25) is 0 Å². The molecule has 0 aliphatic rings. The molecule has 3 heteroatoms. The van der Waals surface area contributed by atoms with Crippen LogP contribution < -0.4 is 0 Å². The summed E-state index contributed by atoms with van der Waals surface area (Å²) in [7, 11) is 0. The topological polar surface area (TPSA) is 33.1 Å². The Bertz CT molecular complexity index is 72.8. The Hall–Kier alpha value is -0.240. The molecule has 0 rings (SSSR count). The molecule has 0 bridgehead atoms. The van der Waals surface area contributed by atoms with Crippen molar-refractivity contribution in [2.45, 2.75) is 26.9 Å². The van der Waals surface area contributed by atoms with Crippen LogP contribution in [0.3, 0.4) is 0 Å². The fourth-order valence-corrected chi connectivity index (χ4v) is 0.354. The normalized spacial score (nSPS) is 8.00. The van der Waals surface area contributed by atoms with E-state index in [0.717, 1.165) is 0 Å². The van der Waals surface area contributed by atoms with E-state index in [2.05, 4.69) is 0 Å². The van der Waals surface area contributed by atoms with Crippen molar-refractivity contribution < 1.29 is 4.74 Å². The Kier molecular flexibility index (Phi) is 6.56. The molecule has 0 aliphatic heterocycles. The van der Waals surface area contributed by atoms with Gasteiger partial charge in [-0.2, -0.15) is 0 Å². The van der Waals surface area contributed by atoms with E-state index in [9.17, 15) is 0 Å². The lowest BCUT2D eigenvalue weighted by atomic mass is 10.5. The number of hydrogen-bond donors (Lipinski definition) is 1. The molecule has 0 saturated carbocycles. The Labute approximate surface area is 56.2 Å². The molecule has 0 atom stereocenters. The van der Waals surface area contributed by atoms with Gasteiger partial charge in [0.1, 0.15) is 0 Å². The van der Waals surface area contributed by atoms with Crippen molar-refractivity contribution in [3.05, 3.63) is 0 Å². The van der Waals surface area contributed by atoms with Gasteiger partial charge in [-0.3, -0.25) is 5.41 Å². The molecule has 1 N–H and O–H groups in total. The lowest BCUT2D eigenvalue weighted by molar-refractivity contribution is 0.224. The third kappa shape index (κ3) is 9.23. The molecule has 0 aromatic rings. The van der Waals surface area contributed by atoms with E-state index in [-0.39, 0.29) is 24.4 Å². The molecule has 0 unspecified atom stereocenters. The number of ether oxygens (including phenoxy) is 1. The molecule has 0 radical (unpaired) electrons. The minimum absolute atomic E-state index is 0. The summed E-state index contributed by atoms with van der Waals surface area (Å²) in [4.78, 5) is 0. The van der Waals surface area contributed by atoms with Gasteiger partial charge in [-0.15, -0.1) is 12.4 Å². The molecular weight excluding hydrogens is 126 g/mol. The summed E-state index contributed by atoms with van der Waals surface area (Å²) in [5, 5.41) is 6.80. The van der Waals surface area contributed by atoms with Crippen molar-refractivity contribution in [1.82, 2.24) is 0 Å². The van der Waals surface area contributed by atoms with Crippen LogP contribution in [0.25, 0.3) is 0 Å². The highest BCUT2D eigenvalue weighted by molar-refractivity contribution is 5.85. The first-order valence-electron chi connectivity index (χ1n) is 2.34. The third-order valence-corrected chi connectivity index (χ3v) is 0.412. The van der Waals surface area contributed by atoms with Crippen molar-refractivity contribution in [2.24, 2.45) is 0 Å². The van der Waals surface area contributed by atoms with Crippen molar-refractivity contribution in [2.75, 3.05) is 0 Å². The molecule has 0 aromatic heterocycles. The lowest BCUT2D eigenvalue weighted by Crippen LogP contribution is -2.05. The van der Waals surface area contributed by atoms with E-state index >= 15 is 0 Å². The maximum atomic E-state index is 6.80. The molecule has 0 aliphatic carbocycles. The van der Waals surface area contributed by atoms with Gasteiger partial charge in [0.15, 0.2) is 5.90 Å². The average Bonchev–Trinajstić information content (AvgIpc) is 1.27. The van der Waals surface area contributed by atoms with Crippen molar-refractivity contribution in [3.63, 3.8) is 0 Å². The van der Waals surface area contributed by atoms with Crippen LogP contribution in [0, 0.1) is 5.41 Å². The maximum absolute atomic E-state index is 6.80. The summed E-state index contributed by atoms with van der Waals surface area (Å²) >= 11 is 0. The predicted molar refractivity (Wildman–Crippen MR) is 36.9 cm³/mol. The Morgan fingerprint density at radius 2 is 1.88 bits per heavy atom. The second kappa shape index (κ2) is 4.91. The van der Waals surface area contributed by atoms with Gasteiger partial charge in [0.25, 0.3) is 0 Å². The van der Waals surface area contributed by atoms with Crippen LogP contribution in [0.1, 0.15) is 20.8 Å². The Morgan fingerprint density at radius 1 is 1.50 bits per heavy atom. The number of nitrogens with one attached hydrogen (secondary N) is 1. The zero-order valence-electron chi connectivity index (χ0n) is 5.39. The molecule has 8 heavy (non-hydrogen) atoms. The molecule has 0 heterocycles. The van der Waals surface area contributed by atoms with E-state index in [1.165, 1.54) is 0 Å². The van der Waals surface area contributed by atoms with Crippen LogP contribution in [-0.2, 0) is 4.74 Å². The maximum Gasteiger partial charge on any atom is 0.177 e. The average molecular weight is 138 g/mol. The highest BCUT2D eigenvalue weighted by atomic mass is 35.5. The standard InChI is InChI=1S/C5H11NO.ClH/c1-4(2)7-5(3)6;/h4,6H,1-3H3;1H. The monoisotopic (exact) mass is 137 g/mol. The summed E-state index contributed by atoms with van der Waals surface area (Å²) in [6, 6.07) is 0. The van der Waals surface area contributed by atoms with E-state index < -0.39 is 0 Å². The van der Waals surface area contributed by atoms with Crippen LogP contribution in [0.15, 0.2) is 0 Å². The van der Waals surface area contributed by atoms with E-state index in [4.69, 9.17) is 10.1 Å². The predicted octanol–water partition coefficient (Wildman–Crippen LogP) is 1.83. The van der Waals surface area contributed by atoms with E-state index in [1.54, 1.807) is 6.92 Å². The van der Waals surface area contributed by atoms with Gasteiger partial charge in [-0.1, -0.05) is 0 Å². The summed E-state index contributed by atoms with van der Waals surface area (Å²) in [6.07, 6.45) is 0.150. The van der Waals surface area contributed by atoms with Gasteiger partial charge < -0.3 is 4.74 Å². The SMILES string of the molecule is CC(=N)OC(C)C.Cl. The molecular formula is C5H12ClNO. The second-order valence-electron chi connectivity index (χ2n) is 1.72. The van der Waals surface area contributed by atoms with Gasteiger partial charge in [0.05, 0.1) is 6.10 Å². The molecule has 0 saturated heterocycles. The van der Waals surface area contributed by atoms with Gasteiger partial charge >= 0.3 is 0 Å². The summed E-state index contributed by atoms with van der Waals surface area (Å²) in [6.45, 7) is 5.43. The van der Waals surface area contributed by atoms with Gasteiger partial charge in [-0.05, 0) is 13.8 Å². The smallest absolute Gasteiger partial charge is 0.177 e. The molecule has 0 fully saturated rings. The first-order valence-corrected chi connectivity index (χ1v) is 2.34. The quantitative estimate of drug-likeness (QED) is 0.434. The largest absolute Gasteiger partial charge is 0.479 e. The van der Waals surface area contributed by atoms with Crippen LogP contribution in [0.2, 0.25) is 0 Å². The zero-order valence-corrected chi connectivity index (χ0v) is 6.21. The van der Waals surface area contributed by atoms with Crippen molar-refractivity contribution >= 4 is 18.3 Å². The van der Waals surface area contributed by atoms with Gasteiger partial charge in [-0.25, -0.2) is 0 Å². The number of hydrogen-bond acceptors (Lipinski definition) is 2. The van der Waals surface area contributed by atoms with E-state index in [1.807, 2.05) is 13.8 Å². The highest BCUT2D eigenvalue weighted by Gasteiger charge is 1.90. The molecule has 0 aromatic carbocycles. The molecule has 0 spiro atoms. The van der Waals surface area contributed by atoms with Crippen LogP contribution in [0.5, 0.6) is 0 Å². The Morgan fingerprint density at radius 3 is 1.88 bits per heavy atom. The summed E-state index contributed by atoms with van der Waals surface area (Å²) in [5.74, 6) is 0.287. The Balaban J connectivity index is 0. The minimum Gasteiger partial charge on any atom is -0.479 e. The fraction of sp³-hybridized carbons (Fsp3) is 0.800. The number of halogens is 1. The summed E-state index contributed by atoms with van der Waals surface area (Å²) < 4.78 is 4.83.